The van der Waals surface area contributed by atoms with Crippen molar-refractivity contribution >= 4 is 86.2 Å². The van der Waals surface area contributed by atoms with Gasteiger partial charge in [0.15, 0.2) is 11.4 Å². The number of para-hydroxylation sites is 3. The lowest BCUT2D eigenvalue weighted by Gasteiger charge is -2.11. The Balaban J connectivity index is 1.20. The first-order valence-electron chi connectivity index (χ1n) is 16.4. The molecule has 228 valence electrons. The molecule has 49 heavy (non-hydrogen) atoms. The number of fused-ring (bicyclic) bond motifs is 13. The normalized spacial score (nSPS) is 12.1. The summed E-state index contributed by atoms with van der Waals surface area (Å²) >= 11 is 1.87. The fraction of sp³-hybridized carbons (Fsp3) is 0. The van der Waals surface area contributed by atoms with E-state index in [1.54, 1.807) is 0 Å². The van der Waals surface area contributed by atoms with Crippen molar-refractivity contribution in [3.8, 4) is 28.3 Å². The van der Waals surface area contributed by atoms with Gasteiger partial charge in [-0.15, -0.1) is 11.3 Å². The number of benzene rings is 7. The van der Waals surface area contributed by atoms with Crippen LogP contribution < -0.4 is 0 Å². The molecule has 4 heterocycles. The maximum absolute atomic E-state index is 6.84. The summed E-state index contributed by atoms with van der Waals surface area (Å²) in [6.45, 7) is 0. The third-order valence-electron chi connectivity index (χ3n) is 9.79. The van der Waals surface area contributed by atoms with Crippen LogP contribution in [0.5, 0.6) is 0 Å². The lowest BCUT2D eigenvalue weighted by Crippen LogP contribution is -1.97. The summed E-state index contributed by atoms with van der Waals surface area (Å²) in [5.41, 5.74) is 9.01. The van der Waals surface area contributed by atoms with E-state index in [0.29, 0.717) is 5.82 Å². The van der Waals surface area contributed by atoms with E-state index in [4.69, 9.17) is 14.4 Å². The average molecular weight is 644 g/mol. The van der Waals surface area contributed by atoms with Gasteiger partial charge in [-0.3, -0.25) is 0 Å². The van der Waals surface area contributed by atoms with Crippen molar-refractivity contribution in [2.75, 3.05) is 0 Å². The molecule has 0 spiro atoms. The summed E-state index contributed by atoms with van der Waals surface area (Å²) in [7, 11) is 0. The van der Waals surface area contributed by atoms with E-state index in [9.17, 15) is 0 Å². The van der Waals surface area contributed by atoms with E-state index in [-0.39, 0.29) is 0 Å². The quantitative estimate of drug-likeness (QED) is 0.192. The molecule has 0 saturated carbocycles. The third kappa shape index (κ3) is 3.79. The van der Waals surface area contributed by atoms with Crippen molar-refractivity contribution in [3.63, 3.8) is 0 Å². The van der Waals surface area contributed by atoms with Gasteiger partial charge < -0.3 is 8.98 Å². The smallest absolute Gasteiger partial charge is 0.160 e. The SMILES string of the molecule is c1ccc(-c2nc(-c3ccc(-n4c5ccccc5c5c6sc7ccccc7c6c6c7ccccc7oc6c54)cc3)nc3ccccc23)cc1. The molecular formula is C44H25N3OS. The summed E-state index contributed by atoms with van der Waals surface area (Å²) in [4.78, 5) is 10.1. The highest BCUT2D eigenvalue weighted by Crippen LogP contribution is 2.50. The van der Waals surface area contributed by atoms with Crippen LogP contribution in [-0.2, 0) is 0 Å². The minimum absolute atomic E-state index is 0.706. The van der Waals surface area contributed by atoms with E-state index in [1.165, 1.54) is 36.3 Å². The molecule has 5 heteroatoms. The number of nitrogens with zero attached hydrogens (tertiary/aromatic N) is 3. The molecule has 0 aliphatic carbocycles. The third-order valence-corrected chi connectivity index (χ3v) is 11.0. The van der Waals surface area contributed by atoms with E-state index < -0.39 is 0 Å². The molecule has 11 rings (SSSR count). The molecule has 0 aliphatic heterocycles. The molecule has 7 aromatic carbocycles. The molecule has 0 N–H and O–H groups in total. The van der Waals surface area contributed by atoms with E-state index >= 15 is 0 Å². The summed E-state index contributed by atoms with van der Waals surface area (Å²) in [6.07, 6.45) is 0. The zero-order valence-electron chi connectivity index (χ0n) is 26.1. The molecule has 11 aromatic rings. The fourth-order valence-corrected chi connectivity index (χ4v) is 8.93. The second-order valence-electron chi connectivity index (χ2n) is 12.5. The molecule has 0 amide bonds. The van der Waals surface area contributed by atoms with E-state index in [0.717, 1.165) is 61.0 Å². The zero-order valence-corrected chi connectivity index (χ0v) is 26.9. The first-order valence-corrected chi connectivity index (χ1v) is 17.2. The highest BCUT2D eigenvalue weighted by molar-refractivity contribution is 7.27. The second kappa shape index (κ2) is 10.1. The summed E-state index contributed by atoms with van der Waals surface area (Å²) in [6, 6.07) is 53.1. The topological polar surface area (TPSA) is 43.9 Å². The van der Waals surface area contributed by atoms with Crippen LogP contribution >= 0.6 is 11.3 Å². The lowest BCUT2D eigenvalue weighted by atomic mass is 10.0. The fourth-order valence-electron chi connectivity index (χ4n) is 7.66. The Morgan fingerprint density at radius 2 is 1.20 bits per heavy atom. The Morgan fingerprint density at radius 3 is 2.06 bits per heavy atom. The average Bonchev–Trinajstić information content (AvgIpc) is 3.85. The van der Waals surface area contributed by atoms with Crippen LogP contribution in [0, 0.1) is 0 Å². The van der Waals surface area contributed by atoms with Crippen LogP contribution in [0.4, 0.5) is 0 Å². The van der Waals surface area contributed by atoms with Gasteiger partial charge in [0.05, 0.1) is 22.2 Å². The van der Waals surface area contributed by atoms with Crippen LogP contribution in [0.3, 0.4) is 0 Å². The molecular weight excluding hydrogens is 619 g/mol. The van der Waals surface area contributed by atoms with Crippen molar-refractivity contribution in [1.29, 1.82) is 0 Å². The summed E-state index contributed by atoms with van der Waals surface area (Å²) < 4.78 is 11.8. The monoisotopic (exact) mass is 643 g/mol. The summed E-state index contributed by atoms with van der Waals surface area (Å²) in [5.74, 6) is 0.706. The van der Waals surface area contributed by atoms with Crippen LogP contribution in [0.1, 0.15) is 0 Å². The Labute approximate surface area is 284 Å². The van der Waals surface area contributed by atoms with Gasteiger partial charge in [-0.05, 0) is 48.5 Å². The van der Waals surface area contributed by atoms with Crippen molar-refractivity contribution in [1.82, 2.24) is 14.5 Å². The van der Waals surface area contributed by atoms with Crippen LogP contribution in [0.2, 0.25) is 0 Å². The Morgan fingerprint density at radius 1 is 0.510 bits per heavy atom. The number of aromatic nitrogens is 3. The van der Waals surface area contributed by atoms with Gasteiger partial charge in [0.1, 0.15) is 5.58 Å². The molecule has 4 nitrogen and oxygen atoms in total. The second-order valence-corrected chi connectivity index (χ2v) is 13.6. The highest BCUT2D eigenvalue weighted by Gasteiger charge is 2.25. The van der Waals surface area contributed by atoms with Crippen molar-refractivity contribution in [2.24, 2.45) is 0 Å². The molecule has 0 aliphatic rings. The number of thiophene rings is 1. The molecule has 0 fully saturated rings. The van der Waals surface area contributed by atoms with Gasteiger partial charge in [-0.1, -0.05) is 103 Å². The van der Waals surface area contributed by atoms with E-state index in [2.05, 4.69) is 138 Å². The summed E-state index contributed by atoms with van der Waals surface area (Å²) in [5, 5.41) is 8.35. The van der Waals surface area contributed by atoms with Gasteiger partial charge in [0, 0.05) is 63.9 Å². The van der Waals surface area contributed by atoms with Gasteiger partial charge in [-0.2, -0.15) is 0 Å². The van der Waals surface area contributed by atoms with Crippen LogP contribution in [0.25, 0.3) is 103 Å². The molecule has 0 bridgehead atoms. The Bertz CT molecular complexity index is 3100. The number of furan rings is 1. The Hall–Kier alpha value is -6.30. The number of rotatable bonds is 3. The molecule has 0 saturated heterocycles. The molecule has 0 unspecified atom stereocenters. The van der Waals surface area contributed by atoms with E-state index in [1.807, 2.05) is 29.5 Å². The maximum Gasteiger partial charge on any atom is 0.160 e. The van der Waals surface area contributed by atoms with Crippen LogP contribution in [-0.4, -0.2) is 14.5 Å². The van der Waals surface area contributed by atoms with Crippen LogP contribution in [0.15, 0.2) is 156 Å². The lowest BCUT2D eigenvalue weighted by molar-refractivity contribution is 0.671. The van der Waals surface area contributed by atoms with Gasteiger partial charge >= 0.3 is 0 Å². The van der Waals surface area contributed by atoms with Gasteiger partial charge in [-0.25, -0.2) is 9.97 Å². The van der Waals surface area contributed by atoms with Crippen molar-refractivity contribution < 1.29 is 4.42 Å². The zero-order chi connectivity index (χ0) is 32.1. The van der Waals surface area contributed by atoms with Crippen molar-refractivity contribution in [2.45, 2.75) is 0 Å². The first-order chi connectivity index (χ1) is 24.3. The standard InChI is InChI=1S/C44H25N3OS/c1-2-12-26(13-3-1)40-29-14-4-8-18-33(29)45-44(46-40)27-22-24-28(25-23-27)47-34-19-9-5-15-30(34)39-41(47)42-37(31-16-6-10-20-35(31)48-42)38-32-17-7-11-21-36(32)49-43(38)39/h1-25H. The van der Waals surface area contributed by atoms with Gasteiger partial charge in [0.2, 0.25) is 0 Å². The largest absolute Gasteiger partial charge is 0.454 e. The molecule has 0 radical (unpaired) electrons. The minimum atomic E-state index is 0.706. The van der Waals surface area contributed by atoms with Gasteiger partial charge in [0.25, 0.3) is 0 Å². The molecule has 0 atom stereocenters. The first kappa shape index (κ1) is 26.7. The Kier molecular flexibility index (Phi) is 5.51. The predicted octanol–water partition coefficient (Wildman–Crippen LogP) is 12.3. The highest BCUT2D eigenvalue weighted by atomic mass is 32.1. The number of hydrogen-bond donors (Lipinski definition) is 0. The predicted molar refractivity (Wildman–Crippen MR) is 205 cm³/mol. The number of hydrogen-bond acceptors (Lipinski definition) is 4. The molecule has 4 aromatic heterocycles. The maximum atomic E-state index is 6.84. The van der Waals surface area contributed by atoms with Crippen molar-refractivity contribution in [3.05, 3.63) is 152 Å². The minimum Gasteiger partial charge on any atom is -0.454 e.